The molecular weight excluding hydrogens is 438 g/mol. The van der Waals surface area contributed by atoms with Crippen LogP contribution in [0.2, 0.25) is 0 Å². The molecule has 1 aliphatic rings. The number of benzene rings is 2. The fourth-order valence-corrected chi connectivity index (χ4v) is 4.23. The number of ether oxygens (including phenoxy) is 2. The van der Waals surface area contributed by atoms with Gasteiger partial charge < -0.3 is 14.6 Å². The Hall–Kier alpha value is -2.67. The number of hydrogen-bond donors (Lipinski definition) is 1. The van der Waals surface area contributed by atoms with Crippen molar-refractivity contribution in [1.29, 1.82) is 0 Å². The van der Waals surface area contributed by atoms with Crippen LogP contribution in [0.5, 0.6) is 11.6 Å². The van der Waals surface area contributed by atoms with Crippen LogP contribution < -0.4 is 4.74 Å². The summed E-state index contributed by atoms with van der Waals surface area (Å²) in [6.45, 7) is 10.7. The van der Waals surface area contributed by atoms with E-state index in [0.29, 0.717) is 25.6 Å². The zero-order valence-corrected chi connectivity index (χ0v) is 21.5. The van der Waals surface area contributed by atoms with Crippen molar-refractivity contribution in [2.75, 3.05) is 19.7 Å². The van der Waals surface area contributed by atoms with E-state index in [9.17, 15) is 5.11 Å². The first kappa shape index (κ1) is 25.4. The Morgan fingerprint density at radius 1 is 1.09 bits per heavy atom. The maximum atomic E-state index is 10.7. The maximum absolute atomic E-state index is 10.7. The first-order valence-corrected chi connectivity index (χ1v) is 12.9. The average molecular weight is 478 g/mol. The number of hydrogen-bond acceptors (Lipinski definition) is 5. The molecule has 0 unspecified atom stereocenters. The van der Waals surface area contributed by atoms with E-state index >= 15 is 0 Å². The third-order valence-corrected chi connectivity index (χ3v) is 6.28. The van der Waals surface area contributed by atoms with Gasteiger partial charge in [-0.1, -0.05) is 42.8 Å². The Balaban J connectivity index is 1.66. The van der Waals surface area contributed by atoms with Crippen molar-refractivity contribution in [1.82, 2.24) is 14.7 Å². The van der Waals surface area contributed by atoms with E-state index in [1.54, 1.807) is 0 Å². The number of nitrogens with zero attached hydrogens (tertiary/aromatic N) is 3. The van der Waals surface area contributed by atoms with Crippen molar-refractivity contribution in [2.45, 2.75) is 65.7 Å². The van der Waals surface area contributed by atoms with E-state index in [1.807, 2.05) is 61.0 Å². The Morgan fingerprint density at radius 2 is 1.80 bits per heavy atom. The largest absolute Gasteiger partial charge is 0.439 e. The molecular formula is C29H39N3O3. The van der Waals surface area contributed by atoms with Crippen molar-refractivity contribution in [3.05, 3.63) is 71.4 Å². The lowest BCUT2D eigenvalue weighted by Gasteiger charge is -2.26. The van der Waals surface area contributed by atoms with Crippen molar-refractivity contribution in [3.63, 3.8) is 0 Å². The number of para-hydroxylation sites is 1. The molecule has 0 saturated heterocycles. The quantitative estimate of drug-likeness (QED) is 0.351. The van der Waals surface area contributed by atoms with Gasteiger partial charge in [0.2, 0.25) is 5.88 Å². The molecule has 4 rings (SSSR count). The summed E-state index contributed by atoms with van der Waals surface area (Å²) in [6.07, 6.45) is 2.88. The van der Waals surface area contributed by atoms with Crippen LogP contribution in [0.15, 0.2) is 54.6 Å². The molecule has 0 bridgehead atoms. The van der Waals surface area contributed by atoms with Crippen LogP contribution in [-0.2, 0) is 17.7 Å². The van der Waals surface area contributed by atoms with Gasteiger partial charge in [-0.2, -0.15) is 5.10 Å². The fourth-order valence-electron chi connectivity index (χ4n) is 4.23. The molecule has 1 saturated carbocycles. The van der Waals surface area contributed by atoms with Crippen molar-refractivity contribution >= 4 is 0 Å². The summed E-state index contributed by atoms with van der Waals surface area (Å²) in [5.74, 6) is 2.23. The van der Waals surface area contributed by atoms with Crippen molar-refractivity contribution in [2.24, 2.45) is 5.92 Å². The molecule has 0 spiro atoms. The monoisotopic (exact) mass is 477 g/mol. The van der Waals surface area contributed by atoms with Crippen LogP contribution in [0.25, 0.3) is 5.69 Å². The Bertz CT molecular complexity index is 1060. The second-order valence-electron chi connectivity index (χ2n) is 9.92. The first-order valence-electron chi connectivity index (χ1n) is 12.9. The van der Waals surface area contributed by atoms with E-state index in [2.05, 4.69) is 30.9 Å². The minimum Gasteiger partial charge on any atom is -0.439 e. The summed E-state index contributed by atoms with van der Waals surface area (Å²) in [5.41, 5.74) is 4.26. The van der Waals surface area contributed by atoms with Crippen LogP contribution in [0.1, 0.15) is 50.4 Å². The number of aliphatic hydroxyl groups excluding tert-OH is 1. The van der Waals surface area contributed by atoms with E-state index in [1.165, 1.54) is 18.4 Å². The Kier molecular flexibility index (Phi) is 8.60. The predicted molar refractivity (Wildman–Crippen MR) is 139 cm³/mol. The highest BCUT2D eigenvalue weighted by molar-refractivity contribution is 5.44. The highest BCUT2D eigenvalue weighted by Crippen LogP contribution is 2.34. The molecule has 35 heavy (non-hydrogen) atoms. The molecule has 2 aromatic carbocycles. The highest BCUT2D eigenvalue weighted by atomic mass is 16.5. The average Bonchev–Trinajstić information content (AvgIpc) is 3.60. The minimum absolute atomic E-state index is 0.104. The first-order chi connectivity index (χ1) is 16.9. The third-order valence-electron chi connectivity index (χ3n) is 6.28. The van der Waals surface area contributed by atoms with E-state index in [-0.39, 0.29) is 6.10 Å². The Labute approximate surface area is 209 Å². The zero-order chi connectivity index (χ0) is 24.8. The smallest absolute Gasteiger partial charge is 0.227 e. The number of aliphatic hydroxyl groups is 1. The van der Waals surface area contributed by atoms with Crippen LogP contribution in [0.3, 0.4) is 0 Å². The number of rotatable bonds is 13. The number of aromatic nitrogens is 2. The molecule has 1 heterocycles. The molecule has 1 N–H and O–H groups in total. The fraction of sp³-hybridized carbons (Fsp3) is 0.483. The summed E-state index contributed by atoms with van der Waals surface area (Å²) in [6, 6.07) is 18.3. The molecule has 1 atom stereocenters. The topological polar surface area (TPSA) is 59.8 Å². The maximum Gasteiger partial charge on any atom is 0.227 e. The van der Waals surface area contributed by atoms with Gasteiger partial charge in [-0.05, 0) is 70.2 Å². The lowest BCUT2D eigenvalue weighted by atomic mass is 10.1. The predicted octanol–water partition coefficient (Wildman–Crippen LogP) is 5.53. The van der Waals surface area contributed by atoms with Gasteiger partial charge in [0.15, 0.2) is 0 Å². The summed E-state index contributed by atoms with van der Waals surface area (Å²) in [7, 11) is 0. The van der Waals surface area contributed by atoms with E-state index in [0.717, 1.165) is 41.5 Å². The molecule has 0 aliphatic heterocycles. The molecule has 3 aromatic rings. The van der Waals surface area contributed by atoms with Gasteiger partial charge in [0.25, 0.3) is 0 Å². The molecule has 6 heteroatoms. The summed E-state index contributed by atoms with van der Waals surface area (Å²) >= 11 is 0. The molecule has 1 aliphatic carbocycles. The zero-order valence-electron chi connectivity index (χ0n) is 21.5. The van der Waals surface area contributed by atoms with Crippen LogP contribution >= 0.6 is 0 Å². The summed E-state index contributed by atoms with van der Waals surface area (Å²) in [5, 5.41) is 15.7. The second kappa shape index (κ2) is 11.8. The van der Waals surface area contributed by atoms with Crippen LogP contribution in [0.4, 0.5) is 0 Å². The second-order valence-corrected chi connectivity index (χ2v) is 9.92. The van der Waals surface area contributed by atoms with E-state index in [4.69, 9.17) is 14.6 Å². The van der Waals surface area contributed by atoms with Crippen LogP contribution in [0, 0.1) is 12.8 Å². The van der Waals surface area contributed by atoms with Gasteiger partial charge in [-0.25, -0.2) is 4.68 Å². The normalized spacial score (nSPS) is 14.6. The highest BCUT2D eigenvalue weighted by Gasteiger charge is 2.28. The van der Waals surface area contributed by atoms with E-state index < -0.39 is 6.10 Å². The summed E-state index contributed by atoms with van der Waals surface area (Å²) < 4.78 is 14.1. The van der Waals surface area contributed by atoms with Crippen LogP contribution in [-0.4, -0.2) is 51.7 Å². The SMILES string of the molecule is CCc1nn(-c2ccccc2)c(Oc2ccc(C)cc2)c1CN(CC1CC1)C[C@H](O)COC(C)C. The van der Waals surface area contributed by atoms with Gasteiger partial charge in [-0.15, -0.1) is 0 Å². The lowest BCUT2D eigenvalue weighted by Crippen LogP contribution is -2.36. The van der Waals surface area contributed by atoms with Gasteiger partial charge >= 0.3 is 0 Å². The molecule has 0 amide bonds. The van der Waals surface area contributed by atoms with Crippen molar-refractivity contribution in [3.8, 4) is 17.3 Å². The minimum atomic E-state index is -0.535. The van der Waals surface area contributed by atoms with Gasteiger partial charge in [0.1, 0.15) is 5.75 Å². The molecule has 0 radical (unpaired) electrons. The third kappa shape index (κ3) is 7.17. The number of aryl methyl sites for hydroxylation is 2. The standard InChI is InChI=1S/C29H39N3O3/c1-5-28-27(19-31(17-23-13-14-23)18-25(33)20-34-21(2)3)29(35-26-15-11-22(4)12-16-26)32(30-28)24-9-7-6-8-10-24/h6-12,15-16,21,23,25,33H,5,13-14,17-20H2,1-4H3/t25-/m0/s1. The van der Waals surface area contributed by atoms with Gasteiger partial charge in [0.05, 0.1) is 35.8 Å². The lowest BCUT2D eigenvalue weighted by molar-refractivity contribution is -0.0101. The summed E-state index contributed by atoms with van der Waals surface area (Å²) in [4.78, 5) is 2.35. The van der Waals surface area contributed by atoms with Crippen molar-refractivity contribution < 1.29 is 14.6 Å². The Morgan fingerprint density at radius 3 is 2.43 bits per heavy atom. The molecule has 1 fully saturated rings. The molecule has 6 nitrogen and oxygen atoms in total. The van der Waals surface area contributed by atoms with Gasteiger partial charge in [0, 0.05) is 19.6 Å². The molecule has 188 valence electrons. The molecule has 1 aromatic heterocycles. The van der Waals surface area contributed by atoms with Gasteiger partial charge in [-0.3, -0.25) is 4.90 Å².